The Morgan fingerprint density at radius 3 is 2.72 bits per heavy atom. The van der Waals surface area contributed by atoms with Crippen molar-refractivity contribution >= 4 is 22.1 Å². The number of benzene rings is 1. The highest BCUT2D eigenvalue weighted by molar-refractivity contribution is 7.89. The van der Waals surface area contributed by atoms with Gasteiger partial charge < -0.3 is 19.3 Å². The SMILES string of the molecule is CCOC(=O)N(COCCCS(=O)(=O)N[C@H](C)c1cccc(OCC2CC2)c1)CC(=O)O. The summed E-state index contributed by atoms with van der Waals surface area (Å²) in [7, 11) is -3.57. The number of rotatable bonds is 15. The summed E-state index contributed by atoms with van der Waals surface area (Å²) in [5.41, 5.74) is 0.803. The van der Waals surface area contributed by atoms with E-state index in [9.17, 15) is 18.0 Å². The van der Waals surface area contributed by atoms with Crippen LogP contribution in [0.1, 0.15) is 44.7 Å². The van der Waals surface area contributed by atoms with Crippen molar-refractivity contribution in [2.75, 3.05) is 38.8 Å². The van der Waals surface area contributed by atoms with E-state index in [1.807, 2.05) is 24.3 Å². The molecule has 11 heteroatoms. The average molecular weight is 473 g/mol. The summed E-state index contributed by atoms with van der Waals surface area (Å²) < 4.78 is 43.2. The Bertz CT molecular complexity index is 857. The lowest BCUT2D eigenvalue weighted by Crippen LogP contribution is -2.38. The van der Waals surface area contributed by atoms with Gasteiger partial charge in [-0.15, -0.1) is 0 Å². The largest absolute Gasteiger partial charge is 0.493 e. The van der Waals surface area contributed by atoms with Gasteiger partial charge in [0.15, 0.2) is 0 Å². The van der Waals surface area contributed by atoms with Gasteiger partial charge >= 0.3 is 12.1 Å². The second-order valence-electron chi connectivity index (χ2n) is 7.67. The van der Waals surface area contributed by atoms with E-state index >= 15 is 0 Å². The number of hydrogen-bond acceptors (Lipinski definition) is 7. The average Bonchev–Trinajstić information content (AvgIpc) is 3.55. The minimum absolute atomic E-state index is 0.0370. The quantitative estimate of drug-likeness (QED) is 0.294. The molecular formula is C21H32N2O8S. The molecule has 180 valence electrons. The molecule has 0 heterocycles. The van der Waals surface area contributed by atoms with E-state index in [2.05, 4.69) is 4.72 Å². The number of carboxylic acid groups (broad SMARTS) is 1. The Morgan fingerprint density at radius 1 is 1.31 bits per heavy atom. The zero-order valence-electron chi connectivity index (χ0n) is 18.5. The van der Waals surface area contributed by atoms with Crippen LogP contribution in [0.25, 0.3) is 0 Å². The maximum absolute atomic E-state index is 12.4. The molecule has 1 aliphatic carbocycles. The van der Waals surface area contributed by atoms with Gasteiger partial charge in [0.1, 0.15) is 19.0 Å². The first-order chi connectivity index (χ1) is 15.2. The standard InChI is InChI=1S/C21H32N2O8S/c1-3-30-21(26)23(13-20(24)25)15-29-10-5-11-32(27,28)22-16(2)18-6-4-7-19(12-18)31-14-17-8-9-17/h4,6-7,12,16-17,22H,3,5,8-11,13-15H2,1-2H3,(H,24,25)/t16-/m1/s1. The fraction of sp³-hybridized carbons (Fsp3) is 0.619. The van der Waals surface area contributed by atoms with Crippen LogP contribution in [-0.2, 0) is 24.3 Å². The van der Waals surface area contributed by atoms with Crippen LogP contribution in [0.5, 0.6) is 5.75 Å². The molecule has 2 N–H and O–H groups in total. The lowest BCUT2D eigenvalue weighted by molar-refractivity contribution is -0.139. The monoisotopic (exact) mass is 472 g/mol. The predicted octanol–water partition coefficient (Wildman–Crippen LogP) is 2.36. The van der Waals surface area contributed by atoms with Crippen LogP contribution in [0.4, 0.5) is 4.79 Å². The van der Waals surface area contributed by atoms with Crippen LogP contribution < -0.4 is 9.46 Å². The molecule has 2 rings (SSSR count). The lowest BCUT2D eigenvalue weighted by atomic mass is 10.1. The number of aliphatic carboxylic acids is 1. The highest BCUT2D eigenvalue weighted by Crippen LogP contribution is 2.30. The van der Waals surface area contributed by atoms with Crippen LogP contribution in [0, 0.1) is 5.92 Å². The summed E-state index contributed by atoms with van der Waals surface area (Å²) in [6.45, 7) is 3.32. The molecule has 0 bridgehead atoms. The van der Waals surface area contributed by atoms with Gasteiger partial charge in [0, 0.05) is 12.6 Å². The summed E-state index contributed by atoms with van der Waals surface area (Å²) in [5.74, 6) is -0.0239. The second kappa shape index (κ2) is 12.6. The Hall–Kier alpha value is -2.37. The topological polar surface area (TPSA) is 131 Å². The predicted molar refractivity (Wildman–Crippen MR) is 117 cm³/mol. The van der Waals surface area contributed by atoms with E-state index in [0.29, 0.717) is 12.5 Å². The lowest BCUT2D eigenvalue weighted by Gasteiger charge is -2.20. The molecular weight excluding hydrogens is 440 g/mol. The summed E-state index contributed by atoms with van der Waals surface area (Å²) in [6.07, 6.45) is 1.76. The van der Waals surface area contributed by atoms with Gasteiger partial charge in [-0.2, -0.15) is 0 Å². The molecule has 0 aromatic heterocycles. The van der Waals surface area contributed by atoms with Crippen molar-refractivity contribution in [3.8, 4) is 5.75 Å². The van der Waals surface area contributed by atoms with Gasteiger partial charge in [0.05, 0.1) is 19.0 Å². The molecule has 0 radical (unpaired) electrons. The molecule has 32 heavy (non-hydrogen) atoms. The fourth-order valence-electron chi connectivity index (χ4n) is 2.84. The number of ether oxygens (including phenoxy) is 3. The second-order valence-corrected chi connectivity index (χ2v) is 9.54. The fourth-order valence-corrected chi connectivity index (χ4v) is 4.13. The van der Waals surface area contributed by atoms with E-state index < -0.39 is 34.7 Å². The van der Waals surface area contributed by atoms with Crippen molar-refractivity contribution < 1.29 is 37.3 Å². The number of hydrogen-bond donors (Lipinski definition) is 2. The van der Waals surface area contributed by atoms with E-state index in [0.717, 1.165) is 16.2 Å². The van der Waals surface area contributed by atoms with Gasteiger partial charge in [0.25, 0.3) is 0 Å². The van der Waals surface area contributed by atoms with E-state index in [1.165, 1.54) is 12.8 Å². The highest BCUT2D eigenvalue weighted by atomic mass is 32.2. The number of sulfonamides is 1. The smallest absolute Gasteiger partial charge is 0.412 e. The Morgan fingerprint density at radius 2 is 2.06 bits per heavy atom. The van der Waals surface area contributed by atoms with Crippen LogP contribution in [0.15, 0.2) is 24.3 Å². The van der Waals surface area contributed by atoms with Gasteiger partial charge in [-0.25, -0.2) is 17.9 Å². The van der Waals surface area contributed by atoms with Crippen LogP contribution in [-0.4, -0.2) is 69.3 Å². The highest BCUT2D eigenvalue weighted by Gasteiger charge is 2.22. The number of nitrogens with zero attached hydrogens (tertiary/aromatic N) is 1. The van der Waals surface area contributed by atoms with Gasteiger partial charge in [-0.05, 0) is 56.7 Å². The molecule has 1 atom stereocenters. The van der Waals surface area contributed by atoms with E-state index in [4.69, 9.17) is 19.3 Å². The third kappa shape index (κ3) is 9.84. The molecule has 1 aliphatic rings. The summed E-state index contributed by atoms with van der Waals surface area (Å²) >= 11 is 0. The zero-order valence-corrected chi connectivity index (χ0v) is 19.3. The van der Waals surface area contributed by atoms with Crippen molar-refractivity contribution in [1.82, 2.24) is 9.62 Å². The first-order valence-corrected chi connectivity index (χ1v) is 12.3. The summed E-state index contributed by atoms with van der Waals surface area (Å²) in [6, 6.07) is 6.94. The molecule has 0 aliphatic heterocycles. The molecule has 1 saturated carbocycles. The minimum Gasteiger partial charge on any atom is -0.493 e. The number of amides is 1. The third-order valence-electron chi connectivity index (χ3n) is 4.70. The van der Waals surface area contributed by atoms with Gasteiger partial charge in [-0.1, -0.05) is 12.1 Å². The molecule has 10 nitrogen and oxygen atoms in total. The molecule has 1 fully saturated rings. The number of carboxylic acids is 1. The van der Waals surface area contributed by atoms with E-state index in [1.54, 1.807) is 13.8 Å². The van der Waals surface area contributed by atoms with Crippen molar-refractivity contribution in [2.45, 2.75) is 39.2 Å². The Labute approximate surface area is 188 Å². The van der Waals surface area contributed by atoms with E-state index in [-0.39, 0.29) is 32.1 Å². The molecule has 0 saturated heterocycles. The van der Waals surface area contributed by atoms with Gasteiger partial charge in [0.2, 0.25) is 10.0 Å². The Kier molecular flexibility index (Phi) is 10.2. The summed E-state index contributed by atoms with van der Waals surface area (Å²) in [4.78, 5) is 23.4. The van der Waals surface area contributed by atoms with Gasteiger partial charge in [-0.3, -0.25) is 9.69 Å². The van der Waals surface area contributed by atoms with Crippen LogP contribution >= 0.6 is 0 Å². The third-order valence-corrected chi connectivity index (χ3v) is 6.24. The van der Waals surface area contributed by atoms with Crippen molar-refractivity contribution in [3.05, 3.63) is 29.8 Å². The van der Waals surface area contributed by atoms with Crippen LogP contribution in [0.2, 0.25) is 0 Å². The first-order valence-electron chi connectivity index (χ1n) is 10.6. The molecule has 0 unspecified atom stereocenters. The summed E-state index contributed by atoms with van der Waals surface area (Å²) in [5, 5.41) is 8.86. The normalized spacial score (nSPS) is 14.6. The first kappa shape index (κ1) is 25.9. The Balaban J connectivity index is 1.74. The molecule has 0 spiro atoms. The molecule has 1 amide bonds. The minimum atomic E-state index is -3.57. The van der Waals surface area contributed by atoms with Crippen LogP contribution in [0.3, 0.4) is 0 Å². The van der Waals surface area contributed by atoms with Crippen molar-refractivity contribution in [1.29, 1.82) is 0 Å². The zero-order chi connectivity index (χ0) is 23.6. The maximum atomic E-state index is 12.4. The molecule has 1 aromatic carbocycles. The number of nitrogens with one attached hydrogen (secondary N) is 1. The van der Waals surface area contributed by atoms with Crippen molar-refractivity contribution in [3.63, 3.8) is 0 Å². The van der Waals surface area contributed by atoms with Crippen molar-refractivity contribution in [2.24, 2.45) is 5.92 Å². The number of carbonyl (C=O) groups excluding carboxylic acids is 1. The maximum Gasteiger partial charge on any atom is 0.412 e. The number of carbonyl (C=O) groups is 2. The molecule has 1 aromatic rings.